The van der Waals surface area contributed by atoms with Gasteiger partial charge in [0.1, 0.15) is 0 Å². The third kappa shape index (κ3) is 3.24. The van der Waals surface area contributed by atoms with Crippen molar-refractivity contribution in [2.24, 2.45) is 5.41 Å². The topological polar surface area (TPSA) is 20.2 Å². The lowest BCUT2D eigenvalue weighted by atomic mass is 9.79. The molecule has 0 aromatic rings. The molecule has 0 amide bonds. The van der Waals surface area contributed by atoms with Crippen LogP contribution in [0.4, 0.5) is 0 Å². The first kappa shape index (κ1) is 9.05. The van der Waals surface area contributed by atoms with Crippen molar-refractivity contribution in [3.05, 3.63) is 0 Å². The quantitative estimate of drug-likeness (QED) is 0.571. The summed E-state index contributed by atoms with van der Waals surface area (Å²) in [4.78, 5) is 0. The zero-order valence-corrected chi connectivity index (χ0v) is 7.77. The fraction of sp³-hybridized carbons (Fsp3) is 1.00. The van der Waals surface area contributed by atoms with Gasteiger partial charge in [0.2, 0.25) is 0 Å². The number of hydrogen-bond donors (Lipinski definition) is 1. The largest absolute Gasteiger partial charge is 0.393 e. The maximum absolute atomic E-state index is 9.38. The van der Waals surface area contributed by atoms with Crippen LogP contribution >= 0.6 is 0 Å². The van der Waals surface area contributed by atoms with E-state index in [1.54, 1.807) is 0 Å². The SMILES string of the molecule is CC1(C)CCCC(O)CCC1. The van der Waals surface area contributed by atoms with E-state index < -0.39 is 0 Å². The van der Waals surface area contributed by atoms with Crippen LogP contribution in [0.15, 0.2) is 0 Å². The Labute approximate surface area is 69.8 Å². The first-order valence-electron chi connectivity index (χ1n) is 4.78. The van der Waals surface area contributed by atoms with E-state index in [0.29, 0.717) is 5.41 Å². The molecule has 0 bridgehead atoms. The van der Waals surface area contributed by atoms with Gasteiger partial charge in [-0.15, -0.1) is 0 Å². The summed E-state index contributed by atoms with van der Waals surface area (Å²) in [6.07, 6.45) is 7.00. The fourth-order valence-electron chi connectivity index (χ4n) is 1.90. The van der Waals surface area contributed by atoms with Gasteiger partial charge in [-0.2, -0.15) is 0 Å². The number of rotatable bonds is 0. The molecule has 0 heterocycles. The van der Waals surface area contributed by atoms with Crippen LogP contribution in [0, 0.1) is 5.41 Å². The third-order valence-corrected chi connectivity index (χ3v) is 2.78. The molecule has 0 saturated heterocycles. The predicted octanol–water partition coefficient (Wildman–Crippen LogP) is 2.73. The van der Waals surface area contributed by atoms with Crippen molar-refractivity contribution in [2.75, 3.05) is 0 Å². The van der Waals surface area contributed by atoms with Gasteiger partial charge in [0.05, 0.1) is 6.10 Å². The normalized spacial score (nSPS) is 27.5. The summed E-state index contributed by atoms with van der Waals surface area (Å²) in [7, 11) is 0. The molecule has 1 nitrogen and oxygen atoms in total. The van der Waals surface area contributed by atoms with Crippen molar-refractivity contribution in [3.8, 4) is 0 Å². The molecule has 1 fully saturated rings. The molecular formula is C10H20O. The monoisotopic (exact) mass is 156 g/mol. The van der Waals surface area contributed by atoms with Crippen LogP contribution in [0.2, 0.25) is 0 Å². The second-order valence-electron chi connectivity index (χ2n) is 4.60. The molecule has 1 saturated carbocycles. The molecule has 1 N–H and O–H groups in total. The minimum atomic E-state index is -0.00824. The highest BCUT2D eigenvalue weighted by atomic mass is 16.3. The van der Waals surface area contributed by atoms with Crippen LogP contribution in [0.1, 0.15) is 52.4 Å². The number of aliphatic hydroxyl groups is 1. The van der Waals surface area contributed by atoms with Crippen LogP contribution in [-0.2, 0) is 0 Å². The number of aliphatic hydroxyl groups excluding tert-OH is 1. The molecule has 1 aliphatic rings. The van der Waals surface area contributed by atoms with E-state index >= 15 is 0 Å². The Hall–Kier alpha value is -0.0400. The van der Waals surface area contributed by atoms with E-state index in [1.165, 1.54) is 25.7 Å². The Kier molecular flexibility index (Phi) is 2.94. The third-order valence-electron chi connectivity index (χ3n) is 2.78. The van der Waals surface area contributed by atoms with Gasteiger partial charge >= 0.3 is 0 Å². The maximum atomic E-state index is 9.38. The first-order valence-corrected chi connectivity index (χ1v) is 4.78. The van der Waals surface area contributed by atoms with Crippen LogP contribution in [0.5, 0.6) is 0 Å². The van der Waals surface area contributed by atoms with Crippen LogP contribution in [0.3, 0.4) is 0 Å². The summed E-state index contributed by atoms with van der Waals surface area (Å²) in [5, 5.41) is 9.38. The maximum Gasteiger partial charge on any atom is 0.0540 e. The lowest BCUT2D eigenvalue weighted by Crippen LogP contribution is -2.18. The fourth-order valence-corrected chi connectivity index (χ4v) is 1.90. The van der Waals surface area contributed by atoms with Crippen LogP contribution in [-0.4, -0.2) is 11.2 Å². The van der Waals surface area contributed by atoms with E-state index in [2.05, 4.69) is 13.8 Å². The minimum absolute atomic E-state index is 0.00824. The first-order chi connectivity index (χ1) is 5.10. The van der Waals surface area contributed by atoms with Gasteiger partial charge in [0.15, 0.2) is 0 Å². The molecule has 11 heavy (non-hydrogen) atoms. The van der Waals surface area contributed by atoms with E-state index in [0.717, 1.165) is 12.8 Å². The van der Waals surface area contributed by atoms with Gasteiger partial charge in [-0.25, -0.2) is 0 Å². The predicted molar refractivity (Wildman–Crippen MR) is 47.5 cm³/mol. The minimum Gasteiger partial charge on any atom is -0.393 e. The molecule has 66 valence electrons. The molecule has 0 aromatic heterocycles. The van der Waals surface area contributed by atoms with Gasteiger partial charge in [-0.3, -0.25) is 0 Å². The highest BCUT2D eigenvalue weighted by Gasteiger charge is 2.20. The Morgan fingerprint density at radius 2 is 1.55 bits per heavy atom. The van der Waals surface area contributed by atoms with Crippen molar-refractivity contribution < 1.29 is 5.11 Å². The van der Waals surface area contributed by atoms with Gasteiger partial charge in [-0.1, -0.05) is 26.7 Å². The van der Waals surface area contributed by atoms with Gasteiger partial charge in [0.25, 0.3) is 0 Å². The molecular weight excluding hydrogens is 136 g/mol. The number of hydrogen-bond acceptors (Lipinski definition) is 1. The van der Waals surface area contributed by atoms with Crippen molar-refractivity contribution in [3.63, 3.8) is 0 Å². The molecule has 0 radical (unpaired) electrons. The summed E-state index contributed by atoms with van der Waals surface area (Å²) in [5.41, 5.74) is 0.528. The average molecular weight is 156 g/mol. The van der Waals surface area contributed by atoms with Gasteiger partial charge in [0, 0.05) is 0 Å². The van der Waals surface area contributed by atoms with Crippen molar-refractivity contribution in [1.29, 1.82) is 0 Å². The van der Waals surface area contributed by atoms with Crippen LogP contribution in [0.25, 0.3) is 0 Å². The van der Waals surface area contributed by atoms with Crippen molar-refractivity contribution in [2.45, 2.75) is 58.5 Å². The van der Waals surface area contributed by atoms with E-state index in [-0.39, 0.29) is 6.10 Å². The lowest BCUT2D eigenvalue weighted by Gasteiger charge is -2.28. The highest BCUT2D eigenvalue weighted by Crippen LogP contribution is 2.32. The van der Waals surface area contributed by atoms with E-state index in [1.807, 2.05) is 0 Å². The Balaban J connectivity index is 2.35. The van der Waals surface area contributed by atoms with Crippen molar-refractivity contribution in [1.82, 2.24) is 0 Å². The molecule has 0 atom stereocenters. The summed E-state index contributed by atoms with van der Waals surface area (Å²) in [6.45, 7) is 4.68. The van der Waals surface area contributed by atoms with Gasteiger partial charge < -0.3 is 5.11 Å². The van der Waals surface area contributed by atoms with E-state index in [4.69, 9.17) is 0 Å². The lowest BCUT2D eigenvalue weighted by molar-refractivity contribution is 0.120. The Morgan fingerprint density at radius 3 is 2.00 bits per heavy atom. The molecule has 0 aliphatic heterocycles. The summed E-state index contributed by atoms with van der Waals surface area (Å²) in [5.74, 6) is 0. The molecule has 1 aliphatic carbocycles. The standard InChI is InChI=1S/C10H20O/c1-10(2)7-3-5-9(11)6-4-8-10/h9,11H,3-8H2,1-2H3. The molecule has 0 spiro atoms. The summed E-state index contributed by atoms with van der Waals surface area (Å²) < 4.78 is 0. The zero-order valence-electron chi connectivity index (χ0n) is 7.77. The Bertz CT molecular complexity index is 106. The molecule has 0 aromatic carbocycles. The smallest absolute Gasteiger partial charge is 0.0540 e. The second kappa shape index (κ2) is 3.57. The summed E-state index contributed by atoms with van der Waals surface area (Å²) >= 11 is 0. The Morgan fingerprint density at radius 1 is 1.09 bits per heavy atom. The van der Waals surface area contributed by atoms with Gasteiger partial charge in [-0.05, 0) is 31.1 Å². The second-order valence-corrected chi connectivity index (χ2v) is 4.60. The highest BCUT2D eigenvalue weighted by molar-refractivity contribution is 4.73. The molecule has 1 heteroatoms. The average Bonchev–Trinajstić information content (AvgIpc) is 1.83. The van der Waals surface area contributed by atoms with Crippen molar-refractivity contribution >= 4 is 0 Å². The van der Waals surface area contributed by atoms with E-state index in [9.17, 15) is 5.11 Å². The molecule has 1 rings (SSSR count). The summed E-state index contributed by atoms with van der Waals surface area (Å²) in [6, 6.07) is 0. The molecule has 0 unspecified atom stereocenters. The zero-order chi connectivity index (χ0) is 8.32. The van der Waals surface area contributed by atoms with Crippen LogP contribution < -0.4 is 0 Å².